The summed E-state index contributed by atoms with van der Waals surface area (Å²) in [4.78, 5) is 12.0. The average molecular weight is 264 g/mol. The molecule has 1 unspecified atom stereocenters. The Morgan fingerprint density at radius 1 is 1.44 bits per heavy atom. The van der Waals surface area contributed by atoms with Crippen molar-refractivity contribution in [2.75, 3.05) is 18.8 Å². The van der Waals surface area contributed by atoms with Crippen molar-refractivity contribution in [3.8, 4) is 0 Å². The zero-order chi connectivity index (χ0) is 12.8. The van der Waals surface area contributed by atoms with E-state index in [4.69, 9.17) is 0 Å². The molecule has 2 rings (SSSR count). The van der Waals surface area contributed by atoms with Crippen molar-refractivity contribution in [2.45, 2.75) is 25.1 Å². The van der Waals surface area contributed by atoms with Crippen LogP contribution < -0.4 is 10.6 Å². The number of nitrogens with one attached hydrogen (secondary N) is 2. The molecule has 0 aliphatic carbocycles. The van der Waals surface area contributed by atoms with Crippen LogP contribution in [0, 0.1) is 0 Å². The van der Waals surface area contributed by atoms with Crippen molar-refractivity contribution >= 4 is 17.7 Å². The molecule has 1 fully saturated rings. The lowest BCUT2D eigenvalue weighted by Gasteiger charge is -2.11. The van der Waals surface area contributed by atoms with Gasteiger partial charge in [0.1, 0.15) is 0 Å². The number of thioether (sulfide) groups is 1. The Kier molecular flexibility index (Phi) is 5.08. The van der Waals surface area contributed by atoms with Crippen LogP contribution in [0.5, 0.6) is 0 Å². The Morgan fingerprint density at radius 3 is 2.83 bits per heavy atom. The van der Waals surface area contributed by atoms with Gasteiger partial charge in [-0.05, 0) is 36.4 Å². The van der Waals surface area contributed by atoms with Crippen molar-refractivity contribution < 1.29 is 4.79 Å². The third-order valence-electron chi connectivity index (χ3n) is 3.08. The molecule has 3 nitrogen and oxygen atoms in total. The van der Waals surface area contributed by atoms with E-state index in [0.717, 1.165) is 36.6 Å². The molecule has 4 heteroatoms. The van der Waals surface area contributed by atoms with E-state index in [9.17, 15) is 4.79 Å². The van der Waals surface area contributed by atoms with Crippen LogP contribution in [0.1, 0.15) is 29.3 Å². The first-order valence-corrected chi connectivity index (χ1v) is 7.63. The van der Waals surface area contributed by atoms with Gasteiger partial charge < -0.3 is 10.6 Å². The SMILES string of the molecule is CCSCc1ccc(C(=O)NC2CCNC2)cc1. The van der Waals surface area contributed by atoms with Gasteiger partial charge in [-0.1, -0.05) is 19.1 Å². The molecule has 1 heterocycles. The van der Waals surface area contributed by atoms with Gasteiger partial charge >= 0.3 is 0 Å². The summed E-state index contributed by atoms with van der Waals surface area (Å²) < 4.78 is 0. The number of carbonyl (C=O) groups is 1. The Morgan fingerprint density at radius 2 is 2.22 bits per heavy atom. The maximum atomic E-state index is 12.0. The zero-order valence-corrected chi connectivity index (χ0v) is 11.6. The third kappa shape index (κ3) is 3.75. The fraction of sp³-hybridized carbons (Fsp3) is 0.500. The topological polar surface area (TPSA) is 41.1 Å². The Labute approximate surface area is 113 Å². The molecule has 1 amide bonds. The minimum atomic E-state index is 0.0402. The second-order valence-electron chi connectivity index (χ2n) is 4.50. The lowest BCUT2D eigenvalue weighted by molar-refractivity contribution is 0.0940. The van der Waals surface area contributed by atoms with Crippen molar-refractivity contribution in [3.63, 3.8) is 0 Å². The molecule has 1 atom stereocenters. The molecule has 1 aromatic carbocycles. The molecule has 2 N–H and O–H groups in total. The van der Waals surface area contributed by atoms with Crippen LogP contribution in [0.2, 0.25) is 0 Å². The molecule has 1 aromatic rings. The fourth-order valence-corrected chi connectivity index (χ4v) is 2.65. The molecule has 98 valence electrons. The molecule has 1 aliphatic heterocycles. The second kappa shape index (κ2) is 6.81. The summed E-state index contributed by atoms with van der Waals surface area (Å²) in [5.74, 6) is 2.18. The predicted molar refractivity (Wildman–Crippen MR) is 77.0 cm³/mol. The number of carbonyl (C=O) groups excluding carboxylic acids is 1. The first-order valence-electron chi connectivity index (χ1n) is 6.48. The summed E-state index contributed by atoms with van der Waals surface area (Å²) in [6.07, 6.45) is 1.02. The number of rotatable bonds is 5. The number of hydrogen-bond donors (Lipinski definition) is 2. The van der Waals surface area contributed by atoms with Crippen LogP contribution in [0.25, 0.3) is 0 Å². The van der Waals surface area contributed by atoms with Gasteiger partial charge in [-0.3, -0.25) is 4.79 Å². The van der Waals surface area contributed by atoms with Gasteiger partial charge in [-0.25, -0.2) is 0 Å². The highest BCUT2D eigenvalue weighted by Crippen LogP contribution is 2.13. The van der Waals surface area contributed by atoms with E-state index in [2.05, 4.69) is 17.6 Å². The van der Waals surface area contributed by atoms with Gasteiger partial charge in [0.05, 0.1) is 0 Å². The lowest BCUT2D eigenvalue weighted by atomic mass is 10.1. The van der Waals surface area contributed by atoms with Crippen molar-refractivity contribution in [1.82, 2.24) is 10.6 Å². The summed E-state index contributed by atoms with van der Waals surface area (Å²) in [6, 6.07) is 8.22. The number of benzene rings is 1. The van der Waals surface area contributed by atoms with Crippen LogP contribution in [0.15, 0.2) is 24.3 Å². The Hall–Kier alpha value is -1.00. The normalized spacial score (nSPS) is 18.8. The highest BCUT2D eigenvalue weighted by molar-refractivity contribution is 7.98. The zero-order valence-electron chi connectivity index (χ0n) is 10.7. The number of amides is 1. The molecule has 0 spiro atoms. The maximum Gasteiger partial charge on any atom is 0.251 e. The molecule has 18 heavy (non-hydrogen) atoms. The van der Waals surface area contributed by atoms with Crippen molar-refractivity contribution in [3.05, 3.63) is 35.4 Å². The monoisotopic (exact) mass is 264 g/mol. The summed E-state index contributed by atoms with van der Waals surface area (Å²) in [7, 11) is 0. The Bertz CT molecular complexity index is 385. The van der Waals surface area contributed by atoms with Gasteiger partial charge in [0, 0.05) is 23.9 Å². The van der Waals surface area contributed by atoms with E-state index in [0.29, 0.717) is 0 Å². The van der Waals surface area contributed by atoms with E-state index in [1.165, 1.54) is 5.56 Å². The van der Waals surface area contributed by atoms with Gasteiger partial charge in [-0.2, -0.15) is 11.8 Å². The third-order valence-corrected chi connectivity index (χ3v) is 4.03. The summed E-state index contributed by atoms with van der Waals surface area (Å²) in [6.45, 7) is 4.04. The standard InChI is InChI=1S/C14H20N2OS/c1-2-18-10-11-3-5-12(6-4-11)14(17)16-13-7-8-15-9-13/h3-6,13,15H,2,7-10H2,1H3,(H,16,17). The predicted octanol–water partition coefficient (Wildman–Crippen LogP) is 2.03. The Balaban J connectivity index is 1.89. The quantitative estimate of drug-likeness (QED) is 0.855. The largest absolute Gasteiger partial charge is 0.348 e. The first-order chi connectivity index (χ1) is 8.79. The summed E-state index contributed by atoms with van der Waals surface area (Å²) in [5.41, 5.74) is 2.04. The van der Waals surface area contributed by atoms with Crippen LogP contribution in [-0.4, -0.2) is 30.8 Å². The van der Waals surface area contributed by atoms with Crippen LogP contribution in [-0.2, 0) is 5.75 Å². The minimum Gasteiger partial charge on any atom is -0.348 e. The van der Waals surface area contributed by atoms with Gasteiger partial charge in [0.2, 0.25) is 0 Å². The van der Waals surface area contributed by atoms with E-state index in [1.807, 2.05) is 36.0 Å². The van der Waals surface area contributed by atoms with Crippen LogP contribution in [0.4, 0.5) is 0 Å². The lowest BCUT2D eigenvalue weighted by Crippen LogP contribution is -2.36. The highest BCUT2D eigenvalue weighted by Gasteiger charge is 2.17. The molecule has 0 bridgehead atoms. The summed E-state index contributed by atoms with van der Waals surface area (Å²) >= 11 is 1.89. The van der Waals surface area contributed by atoms with Gasteiger partial charge in [0.25, 0.3) is 5.91 Å². The van der Waals surface area contributed by atoms with Gasteiger partial charge in [-0.15, -0.1) is 0 Å². The van der Waals surface area contributed by atoms with Crippen molar-refractivity contribution in [2.24, 2.45) is 0 Å². The van der Waals surface area contributed by atoms with Crippen LogP contribution in [0.3, 0.4) is 0 Å². The molecule has 1 saturated heterocycles. The van der Waals surface area contributed by atoms with Crippen molar-refractivity contribution in [1.29, 1.82) is 0 Å². The fourth-order valence-electron chi connectivity index (χ4n) is 2.02. The highest BCUT2D eigenvalue weighted by atomic mass is 32.2. The van der Waals surface area contributed by atoms with E-state index >= 15 is 0 Å². The van der Waals surface area contributed by atoms with Crippen LogP contribution >= 0.6 is 11.8 Å². The molecule has 0 aromatic heterocycles. The van der Waals surface area contributed by atoms with Gasteiger partial charge in [0.15, 0.2) is 0 Å². The maximum absolute atomic E-state index is 12.0. The molecule has 0 radical (unpaired) electrons. The minimum absolute atomic E-state index is 0.0402. The second-order valence-corrected chi connectivity index (χ2v) is 5.77. The summed E-state index contributed by atoms with van der Waals surface area (Å²) in [5, 5.41) is 6.30. The van der Waals surface area contributed by atoms with E-state index in [1.54, 1.807) is 0 Å². The molecule has 1 aliphatic rings. The van der Waals surface area contributed by atoms with E-state index < -0.39 is 0 Å². The first kappa shape index (κ1) is 13.4. The average Bonchev–Trinajstić information content (AvgIpc) is 2.89. The molecule has 0 saturated carbocycles. The number of hydrogen-bond acceptors (Lipinski definition) is 3. The molecular formula is C14H20N2OS. The molecular weight excluding hydrogens is 244 g/mol. The van der Waals surface area contributed by atoms with E-state index in [-0.39, 0.29) is 11.9 Å². The smallest absolute Gasteiger partial charge is 0.251 e.